The lowest BCUT2D eigenvalue weighted by Gasteiger charge is -2.20. The number of nitrogens with one attached hydrogen (secondary N) is 1. The summed E-state index contributed by atoms with van der Waals surface area (Å²) < 4.78 is 5.75. The highest BCUT2D eigenvalue weighted by atomic mass is 16.5. The molecule has 4 heteroatoms. The zero-order valence-electron chi connectivity index (χ0n) is 13.1. The van der Waals surface area contributed by atoms with Gasteiger partial charge in [0.1, 0.15) is 11.6 Å². The third-order valence-electron chi connectivity index (χ3n) is 2.76. The zero-order chi connectivity index (χ0) is 14.5. The Morgan fingerprint density at radius 3 is 2.32 bits per heavy atom. The van der Waals surface area contributed by atoms with Crippen LogP contribution in [0.5, 0.6) is 5.88 Å². The van der Waals surface area contributed by atoms with E-state index in [1.54, 1.807) is 0 Å². The van der Waals surface area contributed by atoms with Crippen LogP contribution < -0.4 is 10.1 Å². The van der Waals surface area contributed by atoms with Crippen molar-refractivity contribution in [1.29, 1.82) is 0 Å². The van der Waals surface area contributed by atoms with Crippen LogP contribution in [0.1, 0.15) is 58.8 Å². The Balaban J connectivity index is 3.14. The van der Waals surface area contributed by atoms with Crippen LogP contribution in [0.4, 0.5) is 5.82 Å². The zero-order valence-corrected chi connectivity index (χ0v) is 13.1. The van der Waals surface area contributed by atoms with Crippen LogP contribution in [0.2, 0.25) is 0 Å². The molecule has 0 saturated carbocycles. The van der Waals surface area contributed by atoms with E-state index in [1.165, 1.54) is 0 Å². The third kappa shape index (κ3) is 4.37. The summed E-state index contributed by atoms with van der Waals surface area (Å²) in [4.78, 5) is 9.22. The normalized spacial score (nSPS) is 11.5. The van der Waals surface area contributed by atoms with Gasteiger partial charge in [0.15, 0.2) is 0 Å². The van der Waals surface area contributed by atoms with E-state index in [1.807, 2.05) is 6.92 Å². The third-order valence-corrected chi connectivity index (χ3v) is 2.76. The summed E-state index contributed by atoms with van der Waals surface area (Å²) in [5.41, 5.74) is 0.913. The van der Waals surface area contributed by atoms with Gasteiger partial charge in [-0.15, -0.1) is 0 Å². The highest BCUT2D eigenvalue weighted by Gasteiger charge is 2.21. The van der Waals surface area contributed by atoms with Crippen molar-refractivity contribution in [3.8, 4) is 5.88 Å². The summed E-state index contributed by atoms with van der Waals surface area (Å²) in [6, 6.07) is 0. The molecule has 0 atom stereocenters. The van der Waals surface area contributed by atoms with Crippen molar-refractivity contribution in [2.45, 2.75) is 59.8 Å². The van der Waals surface area contributed by atoms with E-state index >= 15 is 0 Å². The van der Waals surface area contributed by atoms with Gasteiger partial charge in [-0.25, -0.2) is 4.98 Å². The maximum Gasteiger partial charge on any atom is 0.221 e. The number of ether oxygens (including phenoxy) is 1. The van der Waals surface area contributed by atoms with Crippen LogP contribution >= 0.6 is 0 Å². The smallest absolute Gasteiger partial charge is 0.221 e. The molecular weight excluding hydrogens is 238 g/mol. The van der Waals surface area contributed by atoms with Crippen molar-refractivity contribution >= 4 is 5.82 Å². The van der Waals surface area contributed by atoms with Gasteiger partial charge in [-0.05, 0) is 19.8 Å². The maximum absolute atomic E-state index is 5.75. The number of rotatable bonds is 6. The predicted octanol–water partition coefficient (Wildman–Crippen LogP) is 3.69. The largest absolute Gasteiger partial charge is 0.477 e. The van der Waals surface area contributed by atoms with Crippen molar-refractivity contribution in [3.05, 3.63) is 11.4 Å². The van der Waals surface area contributed by atoms with Crippen molar-refractivity contribution in [3.63, 3.8) is 0 Å². The molecule has 0 saturated heterocycles. The van der Waals surface area contributed by atoms with Gasteiger partial charge < -0.3 is 10.1 Å². The fraction of sp³-hybridized carbons (Fsp3) is 0.733. The standard InChI is InChI=1S/C15H27N3O/c1-7-9-16-12-11(3)13(19-10-8-2)18-14(17-12)15(4,5)6/h7-10H2,1-6H3,(H,16,17,18). The number of anilines is 1. The van der Waals surface area contributed by atoms with Crippen molar-refractivity contribution in [2.75, 3.05) is 18.5 Å². The molecular formula is C15H27N3O. The number of aromatic nitrogens is 2. The van der Waals surface area contributed by atoms with E-state index < -0.39 is 0 Å². The second-order valence-corrected chi connectivity index (χ2v) is 5.85. The van der Waals surface area contributed by atoms with Gasteiger partial charge in [-0.1, -0.05) is 34.6 Å². The Morgan fingerprint density at radius 2 is 1.79 bits per heavy atom. The number of hydrogen-bond donors (Lipinski definition) is 1. The molecule has 1 heterocycles. The van der Waals surface area contributed by atoms with Crippen LogP contribution in [-0.2, 0) is 5.41 Å². The highest BCUT2D eigenvalue weighted by molar-refractivity contribution is 5.49. The van der Waals surface area contributed by atoms with Crippen molar-refractivity contribution < 1.29 is 4.74 Å². The molecule has 1 aromatic rings. The molecule has 108 valence electrons. The molecule has 1 rings (SSSR count). The molecule has 0 fully saturated rings. The van der Waals surface area contributed by atoms with Crippen LogP contribution in [0.25, 0.3) is 0 Å². The van der Waals surface area contributed by atoms with E-state index in [0.717, 1.165) is 36.6 Å². The van der Waals surface area contributed by atoms with Crippen molar-refractivity contribution in [2.24, 2.45) is 0 Å². The first kappa shape index (κ1) is 15.7. The molecule has 0 spiro atoms. The Labute approximate surface area is 117 Å². The van der Waals surface area contributed by atoms with Gasteiger partial charge in [-0.2, -0.15) is 4.98 Å². The SMILES string of the molecule is CCCNc1nc(C(C)(C)C)nc(OCCC)c1C. The molecule has 0 aliphatic heterocycles. The molecule has 4 nitrogen and oxygen atoms in total. The minimum Gasteiger partial charge on any atom is -0.477 e. The van der Waals surface area contributed by atoms with E-state index in [9.17, 15) is 0 Å². The molecule has 0 unspecified atom stereocenters. The summed E-state index contributed by atoms with van der Waals surface area (Å²) in [5.74, 6) is 2.43. The molecule has 0 aromatic carbocycles. The second-order valence-electron chi connectivity index (χ2n) is 5.85. The van der Waals surface area contributed by atoms with Crippen LogP contribution in [-0.4, -0.2) is 23.1 Å². The molecule has 0 bridgehead atoms. The summed E-state index contributed by atoms with van der Waals surface area (Å²) in [7, 11) is 0. The van der Waals surface area contributed by atoms with Crippen LogP contribution in [0, 0.1) is 6.92 Å². The van der Waals surface area contributed by atoms with Crippen molar-refractivity contribution in [1.82, 2.24) is 9.97 Å². The van der Waals surface area contributed by atoms with Gasteiger partial charge in [0.2, 0.25) is 5.88 Å². The predicted molar refractivity (Wildman–Crippen MR) is 80.0 cm³/mol. The fourth-order valence-electron chi connectivity index (χ4n) is 1.59. The maximum atomic E-state index is 5.75. The molecule has 0 aliphatic carbocycles. The van der Waals surface area contributed by atoms with Gasteiger partial charge in [0.05, 0.1) is 12.2 Å². The van der Waals surface area contributed by atoms with Gasteiger partial charge >= 0.3 is 0 Å². The van der Waals surface area contributed by atoms with Gasteiger partial charge in [0, 0.05) is 12.0 Å². The van der Waals surface area contributed by atoms with E-state index in [0.29, 0.717) is 12.5 Å². The minimum absolute atomic E-state index is 0.0827. The molecule has 19 heavy (non-hydrogen) atoms. The van der Waals surface area contributed by atoms with Crippen LogP contribution in [0.15, 0.2) is 0 Å². The fourth-order valence-corrected chi connectivity index (χ4v) is 1.59. The molecule has 0 aliphatic rings. The van der Waals surface area contributed by atoms with Gasteiger partial charge in [0.25, 0.3) is 0 Å². The quantitative estimate of drug-likeness (QED) is 0.852. The van der Waals surface area contributed by atoms with E-state index in [2.05, 4.69) is 49.9 Å². The van der Waals surface area contributed by atoms with Crippen LogP contribution in [0.3, 0.4) is 0 Å². The summed E-state index contributed by atoms with van der Waals surface area (Å²) in [6.07, 6.45) is 2.05. The highest BCUT2D eigenvalue weighted by Crippen LogP contribution is 2.27. The van der Waals surface area contributed by atoms with Gasteiger partial charge in [-0.3, -0.25) is 0 Å². The first-order valence-corrected chi connectivity index (χ1v) is 7.15. The lowest BCUT2D eigenvalue weighted by atomic mass is 9.95. The average Bonchev–Trinajstić information content (AvgIpc) is 2.34. The topological polar surface area (TPSA) is 47.0 Å². The molecule has 1 aromatic heterocycles. The molecule has 1 N–H and O–H groups in total. The second kappa shape index (κ2) is 6.73. The Morgan fingerprint density at radius 1 is 1.11 bits per heavy atom. The minimum atomic E-state index is -0.0827. The average molecular weight is 265 g/mol. The first-order valence-electron chi connectivity index (χ1n) is 7.15. The Kier molecular flexibility index (Phi) is 5.58. The monoisotopic (exact) mass is 265 g/mol. The number of nitrogens with zero attached hydrogens (tertiary/aromatic N) is 2. The summed E-state index contributed by atoms with van der Waals surface area (Å²) >= 11 is 0. The van der Waals surface area contributed by atoms with E-state index in [-0.39, 0.29) is 5.41 Å². The Hall–Kier alpha value is -1.32. The Bertz CT molecular complexity index is 381. The molecule has 0 amide bonds. The van der Waals surface area contributed by atoms with E-state index in [4.69, 9.17) is 4.74 Å². The lowest BCUT2D eigenvalue weighted by molar-refractivity contribution is 0.299. The first-order chi connectivity index (χ1) is 8.90. The summed E-state index contributed by atoms with van der Waals surface area (Å²) in [6.45, 7) is 14.2. The lowest BCUT2D eigenvalue weighted by Crippen LogP contribution is -2.19. The summed E-state index contributed by atoms with van der Waals surface area (Å²) in [5, 5.41) is 3.36. The number of hydrogen-bond acceptors (Lipinski definition) is 4. The molecule has 0 radical (unpaired) electrons.